The van der Waals surface area contributed by atoms with Gasteiger partial charge in [0, 0.05) is 12.7 Å². The molecule has 0 saturated carbocycles. The molecule has 1 heterocycles. The molecule has 2 aromatic carbocycles. The van der Waals surface area contributed by atoms with E-state index >= 15 is 0 Å². The number of anilines is 1. The van der Waals surface area contributed by atoms with E-state index in [2.05, 4.69) is 24.3 Å². The first-order valence-electron chi connectivity index (χ1n) is 8.26. The summed E-state index contributed by atoms with van der Waals surface area (Å²) in [6.07, 6.45) is 0. The van der Waals surface area contributed by atoms with Crippen LogP contribution in [0.4, 0.5) is 5.69 Å². The molecule has 0 fully saturated rings. The van der Waals surface area contributed by atoms with Crippen LogP contribution in [0, 0.1) is 6.92 Å². The van der Waals surface area contributed by atoms with Gasteiger partial charge < -0.3 is 5.32 Å². The Hall–Kier alpha value is -2.95. The number of carbonyl (C=O) groups excluding carboxylic acids is 1. The first kappa shape index (κ1) is 16.9. The third-order valence-electron chi connectivity index (χ3n) is 4.26. The number of amides is 1. The van der Waals surface area contributed by atoms with Crippen LogP contribution in [-0.4, -0.2) is 15.7 Å². The van der Waals surface area contributed by atoms with E-state index in [0.717, 1.165) is 5.56 Å². The van der Waals surface area contributed by atoms with E-state index in [1.165, 1.54) is 5.56 Å². The summed E-state index contributed by atoms with van der Waals surface area (Å²) >= 11 is 0. The number of hydrogen-bond donors (Lipinski definition) is 1. The Morgan fingerprint density at radius 2 is 1.80 bits per heavy atom. The molecule has 128 valence electrons. The number of benzene rings is 2. The van der Waals surface area contributed by atoms with Crippen LogP contribution >= 0.6 is 0 Å². The number of hydrogen-bond acceptors (Lipinski definition) is 3. The number of nitrogens with one attached hydrogen (secondary N) is 1. The quantitative estimate of drug-likeness (QED) is 0.795. The van der Waals surface area contributed by atoms with Crippen molar-refractivity contribution in [3.8, 4) is 0 Å². The number of rotatable bonds is 3. The molecule has 1 aromatic heterocycles. The van der Waals surface area contributed by atoms with Gasteiger partial charge in [-0.25, -0.2) is 0 Å². The summed E-state index contributed by atoms with van der Waals surface area (Å²) in [7, 11) is 1.73. The minimum absolute atomic E-state index is 0.103. The second kappa shape index (κ2) is 6.51. The Kier molecular flexibility index (Phi) is 4.40. The third kappa shape index (κ3) is 3.31. The maximum atomic E-state index is 12.7. The molecule has 1 N–H and O–H groups in total. The number of carbonyl (C=O) groups is 1. The Balaban J connectivity index is 1.97. The lowest BCUT2D eigenvalue weighted by molar-refractivity contribution is 0.101. The monoisotopic (exact) mass is 335 g/mol. The van der Waals surface area contributed by atoms with E-state index in [0.29, 0.717) is 22.5 Å². The summed E-state index contributed by atoms with van der Waals surface area (Å²) in [5.74, 6) is -0.0799. The van der Waals surface area contributed by atoms with E-state index in [1.54, 1.807) is 17.8 Å². The lowest BCUT2D eigenvalue weighted by Gasteiger charge is -2.10. The van der Waals surface area contributed by atoms with Crippen molar-refractivity contribution in [1.82, 2.24) is 9.78 Å². The van der Waals surface area contributed by atoms with E-state index in [4.69, 9.17) is 0 Å². The van der Waals surface area contributed by atoms with Gasteiger partial charge in [0.15, 0.2) is 5.69 Å². The van der Waals surface area contributed by atoms with Gasteiger partial charge in [0.1, 0.15) is 0 Å². The van der Waals surface area contributed by atoms with E-state index in [1.807, 2.05) is 43.3 Å². The van der Waals surface area contributed by atoms with Crippen LogP contribution in [0.5, 0.6) is 0 Å². The SMILES string of the molecule is Cc1ccc2c(c1)c(=O)c(C(=O)Nc1ccc(C(C)C)cc1)nn2C. The highest BCUT2D eigenvalue weighted by atomic mass is 16.2. The van der Waals surface area contributed by atoms with Crippen molar-refractivity contribution in [2.45, 2.75) is 26.7 Å². The van der Waals surface area contributed by atoms with Gasteiger partial charge in [-0.1, -0.05) is 37.6 Å². The van der Waals surface area contributed by atoms with E-state index < -0.39 is 5.91 Å². The van der Waals surface area contributed by atoms with E-state index in [-0.39, 0.29) is 11.1 Å². The molecule has 25 heavy (non-hydrogen) atoms. The summed E-state index contributed by atoms with van der Waals surface area (Å²) in [5, 5.41) is 7.42. The van der Waals surface area contributed by atoms with Gasteiger partial charge >= 0.3 is 0 Å². The fraction of sp³-hybridized carbons (Fsp3) is 0.250. The summed E-state index contributed by atoms with van der Waals surface area (Å²) in [6.45, 7) is 6.13. The molecule has 0 bridgehead atoms. The van der Waals surface area contributed by atoms with Gasteiger partial charge in [0.25, 0.3) is 5.91 Å². The molecule has 0 radical (unpaired) electrons. The van der Waals surface area contributed by atoms with Crippen LogP contribution in [-0.2, 0) is 7.05 Å². The predicted molar refractivity (Wildman–Crippen MR) is 100 cm³/mol. The fourth-order valence-corrected chi connectivity index (χ4v) is 2.78. The summed E-state index contributed by atoms with van der Waals surface area (Å²) in [5.41, 5.74) is 3.04. The van der Waals surface area contributed by atoms with Gasteiger partial charge in [-0.3, -0.25) is 14.3 Å². The number of aromatic nitrogens is 2. The average Bonchev–Trinajstić information content (AvgIpc) is 2.58. The van der Waals surface area contributed by atoms with Crippen molar-refractivity contribution in [2.24, 2.45) is 7.05 Å². The highest BCUT2D eigenvalue weighted by Gasteiger charge is 2.17. The van der Waals surface area contributed by atoms with Crippen LogP contribution in [0.3, 0.4) is 0 Å². The van der Waals surface area contributed by atoms with Gasteiger partial charge in [0.2, 0.25) is 5.43 Å². The normalized spacial score (nSPS) is 11.1. The molecule has 3 aromatic rings. The lowest BCUT2D eigenvalue weighted by Crippen LogP contribution is -2.26. The van der Waals surface area contributed by atoms with Gasteiger partial charge in [-0.15, -0.1) is 0 Å². The zero-order valence-corrected chi connectivity index (χ0v) is 14.8. The Bertz CT molecular complexity index is 1000. The zero-order chi connectivity index (χ0) is 18.1. The van der Waals surface area contributed by atoms with Crippen molar-refractivity contribution in [2.75, 3.05) is 5.32 Å². The molecule has 5 nitrogen and oxygen atoms in total. The van der Waals surface area contributed by atoms with Crippen molar-refractivity contribution in [1.29, 1.82) is 0 Å². The topological polar surface area (TPSA) is 64.0 Å². The van der Waals surface area contributed by atoms with Crippen LogP contribution in [0.15, 0.2) is 47.3 Å². The third-order valence-corrected chi connectivity index (χ3v) is 4.26. The van der Waals surface area contributed by atoms with Crippen LogP contribution in [0.1, 0.15) is 41.4 Å². The Morgan fingerprint density at radius 1 is 1.12 bits per heavy atom. The van der Waals surface area contributed by atoms with Crippen molar-refractivity contribution >= 4 is 22.5 Å². The second-order valence-corrected chi connectivity index (χ2v) is 6.55. The first-order chi connectivity index (χ1) is 11.9. The van der Waals surface area contributed by atoms with Crippen LogP contribution in [0.2, 0.25) is 0 Å². The van der Waals surface area contributed by atoms with Crippen molar-refractivity contribution < 1.29 is 4.79 Å². The fourth-order valence-electron chi connectivity index (χ4n) is 2.78. The van der Waals surface area contributed by atoms with Crippen LogP contribution in [0.25, 0.3) is 10.9 Å². The molecule has 1 amide bonds. The van der Waals surface area contributed by atoms with Crippen LogP contribution < -0.4 is 10.7 Å². The number of fused-ring (bicyclic) bond motifs is 1. The molecule has 3 rings (SSSR count). The Morgan fingerprint density at radius 3 is 2.44 bits per heavy atom. The highest BCUT2D eigenvalue weighted by Crippen LogP contribution is 2.17. The molecule has 0 saturated heterocycles. The average molecular weight is 335 g/mol. The van der Waals surface area contributed by atoms with Crippen molar-refractivity contribution in [3.05, 3.63) is 69.5 Å². The first-order valence-corrected chi connectivity index (χ1v) is 8.26. The largest absolute Gasteiger partial charge is 0.320 e. The second-order valence-electron chi connectivity index (χ2n) is 6.55. The van der Waals surface area contributed by atoms with Gasteiger partial charge in [0.05, 0.1) is 10.9 Å². The predicted octanol–water partition coefficient (Wildman–Crippen LogP) is 3.62. The van der Waals surface area contributed by atoms with Crippen molar-refractivity contribution in [3.63, 3.8) is 0 Å². The molecule has 0 aliphatic heterocycles. The minimum Gasteiger partial charge on any atom is -0.320 e. The zero-order valence-electron chi connectivity index (χ0n) is 14.8. The highest BCUT2D eigenvalue weighted by molar-refractivity contribution is 6.04. The molecule has 0 atom stereocenters. The number of aryl methyl sites for hydroxylation is 2. The molecular weight excluding hydrogens is 314 g/mol. The molecule has 0 unspecified atom stereocenters. The summed E-state index contributed by atoms with van der Waals surface area (Å²) < 4.78 is 1.56. The van der Waals surface area contributed by atoms with Gasteiger partial charge in [-0.05, 0) is 42.7 Å². The van der Waals surface area contributed by atoms with E-state index in [9.17, 15) is 9.59 Å². The smallest absolute Gasteiger partial charge is 0.280 e. The van der Waals surface area contributed by atoms with Gasteiger partial charge in [-0.2, -0.15) is 5.10 Å². The molecule has 5 heteroatoms. The molecule has 0 aliphatic rings. The minimum atomic E-state index is -0.499. The maximum Gasteiger partial charge on any atom is 0.280 e. The molecular formula is C20H21N3O2. The standard InChI is InChI=1S/C20H21N3O2/c1-12(2)14-6-8-15(9-7-14)21-20(25)18-19(24)16-11-13(3)5-10-17(16)23(4)22-18/h5-12H,1-4H3,(H,21,25). The lowest BCUT2D eigenvalue weighted by atomic mass is 10.0. The molecule has 0 spiro atoms. The molecule has 0 aliphatic carbocycles. The Labute approximate surface area is 146 Å². The summed E-state index contributed by atoms with van der Waals surface area (Å²) in [6, 6.07) is 13.1. The maximum absolute atomic E-state index is 12.7. The number of nitrogens with zero attached hydrogens (tertiary/aromatic N) is 2. The summed E-state index contributed by atoms with van der Waals surface area (Å²) in [4.78, 5) is 25.2.